The minimum absolute atomic E-state index is 0.440. The van der Waals surface area contributed by atoms with Gasteiger partial charge in [0.25, 0.3) is 0 Å². The first-order chi connectivity index (χ1) is 7.84. The quantitative estimate of drug-likeness (QED) is 0.564. The summed E-state index contributed by atoms with van der Waals surface area (Å²) in [4.78, 5) is 2.27. The number of fused-ring (bicyclic) bond motifs is 1. The summed E-state index contributed by atoms with van der Waals surface area (Å²) < 4.78 is 0. The Kier molecular flexibility index (Phi) is 2.43. The molecule has 1 aliphatic heterocycles. The Balaban J connectivity index is 1.73. The highest BCUT2D eigenvalue weighted by atomic mass is 15.2. The number of nitrogens with one attached hydrogen (secondary N) is 1. The second-order valence-corrected chi connectivity index (χ2v) is 4.95. The lowest BCUT2D eigenvalue weighted by Gasteiger charge is -2.22. The van der Waals surface area contributed by atoms with Gasteiger partial charge in [-0.25, -0.2) is 0 Å². The zero-order valence-electron chi connectivity index (χ0n) is 9.58. The van der Waals surface area contributed by atoms with E-state index < -0.39 is 0 Å². The molecule has 16 heavy (non-hydrogen) atoms. The molecule has 0 atom stereocenters. The van der Waals surface area contributed by atoms with Crippen LogP contribution in [0.2, 0.25) is 0 Å². The van der Waals surface area contributed by atoms with Gasteiger partial charge in [0.15, 0.2) is 0 Å². The first kappa shape index (κ1) is 9.88. The molecule has 2 nitrogen and oxygen atoms in total. The smallest absolute Gasteiger partial charge is 0.0996 e. The Labute approximate surface area is 96.8 Å². The summed E-state index contributed by atoms with van der Waals surface area (Å²) >= 11 is 0. The van der Waals surface area contributed by atoms with E-state index in [1.807, 2.05) is 0 Å². The molecule has 0 saturated carbocycles. The fourth-order valence-corrected chi connectivity index (χ4v) is 2.97. The van der Waals surface area contributed by atoms with E-state index in [2.05, 4.69) is 29.2 Å². The minimum atomic E-state index is 0.440. The Morgan fingerprint density at radius 2 is 1.62 bits per heavy atom. The van der Waals surface area contributed by atoms with Crippen molar-refractivity contribution in [3.8, 4) is 0 Å². The van der Waals surface area contributed by atoms with Crippen LogP contribution in [0.25, 0.3) is 0 Å². The van der Waals surface area contributed by atoms with E-state index >= 15 is 0 Å². The van der Waals surface area contributed by atoms with Crippen LogP contribution in [0.1, 0.15) is 24.0 Å². The zero-order chi connectivity index (χ0) is 11.0. The average Bonchev–Trinajstić information content (AvgIpc) is 2.97. The van der Waals surface area contributed by atoms with Gasteiger partial charge in [-0.3, -0.25) is 5.41 Å². The van der Waals surface area contributed by atoms with Crippen LogP contribution in [-0.2, 0) is 12.8 Å². The van der Waals surface area contributed by atoms with E-state index in [9.17, 15) is 0 Å². The highest BCUT2D eigenvalue weighted by molar-refractivity contribution is 5.83. The highest BCUT2D eigenvalue weighted by Crippen LogP contribution is 2.28. The maximum Gasteiger partial charge on any atom is 0.0996 e. The predicted molar refractivity (Wildman–Crippen MR) is 65.9 cm³/mol. The van der Waals surface area contributed by atoms with Crippen LogP contribution in [0.5, 0.6) is 0 Å². The van der Waals surface area contributed by atoms with Gasteiger partial charge in [0.05, 0.1) is 5.84 Å². The summed E-state index contributed by atoms with van der Waals surface area (Å²) in [6.45, 7) is 2.21. The Hall–Kier alpha value is -1.31. The molecule has 1 fully saturated rings. The summed E-state index contributed by atoms with van der Waals surface area (Å²) in [5.41, 5.74) is 2.91. The van der Waals surface area contributed by atoms with Crippen LogP contribution < -0.4 is 0 Å². The Bertz CT molecular complexity index is 380. The summed E-state index contributed by atoms with van der Waals surface area (Å²) in [5.74, 6) is 1.32. The summed E-state index contributed by atoms with van der Waals surface area (Å²) in [5, 5.41) is 8.28. The van der Waals surface area contributed by atoms with Crippen LogP contribution in [-0.4, -0.2) is 23.8 Å². The standard InChI is InChI=1S/C14H18N2/c15-14(16-7-3-4-8-16)13-9-11-5-1-2-6-12(11)10-13/h1-2,5-6,13,15H,3-4,7-10H2. The van der Waals surface area contributed by atoms with Crippen molar-refractivity contribution in [1.29, 1.82) is 5.41 Å². The Morgan fingerprint density at radius 3 is 2.19 bits per heavy atom. The van der Waals surface area contributed by atoms with Gasteiger partial charge in [0.1, 0.15) is 0 Å². The molecule has 0 bridgehead atoms. The second kappa shape index (κ2) is 3.93. The number of nitrogens with zero attached hydrogens (tertiary/aromatic N) is 1. The topological polar surface area (TPSA) is 27.1 Å². The second-order valence-electron chi connectivity index (χ2n) is 4.95. The van der Waals surface area contributed by atoms with Gasteiger partial charge < -0.3 is 4.90 Å². The van der Waals surface area contributed by atoms with Crippen molar-refractivity contribution >= 4 is 5.84 Å². The van der Waals surface area contributed by atoms with Crippen LogP contribution in [0, 0.1) is 11.3 Å². The molecule has 0 radical (unpaired) electrons. The SMILES string of the molecule is N=C(C1Cc2ccccc2C1)N1CCCC1. The molecule has 3 rings (SSSR count). The van der Waals surface area contributed by atoms with Crippen molar-refractivity contribution in [3.05, 3.63) is 35.4 Å². The lowest BCUT2D eigenvalue weighted by Crippen LogP contribution is -2.33. The number of amidine groups is 1. The van der Waals surface area contributed by atoms with E-state index in [4.69, 9.17) is 5.41 Å². The highest BCUT2D eigenvalue weighted by Gasteiger charge is 2.28. The van der Waals surface area contributed by atoms with Gasteiger partial charge in [0.2, 0.25) is 0 Å². The van der Waals surface area contributed by atoms with Crippen molar-refractivity contribution in [2.24, 2.45) is 5.92 Å². The molecule has 1 aromatic rings. The van der Waals surface area contributed by atoms with Crippen LogP contribution in [0.15, 0.2) is 24.3 Å². The first-order valence-corrected chi connectivity index (χ1v) is 6.25. The number of rotatable bonds is 1. The summed E-state index contributed by atoms with van der Waals surface area (Å²) in [6, 6.07) is 8.65. The lowest BCUT2D eigenvalue weighted by atomic mass is 10.0. The van der Waals surface area contributed by atoms with Crippen molar-refractivity contribution in [2.75, 3.05) is 13.1 Å². The van der Waals surface area contributed by atoms with E-state index in [1.165, 1.54) is 24.0 Å². The minimum Gasteiger partial charge on any atom is -0.360 e. The van der Waals surface area contributed by atoms with Crippen molar-refractivity contribution < 1.29 is 0 Å². The third-order valence-electron chi connectivity index (χ3n) is 3.88. The zero-order valence-corrected chi connectivity index (χ0v) is 9.58. The summed E-state index contributed by atoms with van der Waals surface area (Å²) in [6.07, 6.45) is 4.68. The maximum absolute atomic E-state index is 8.28. The number of likely N-dealkylation sites (tertiary alicyclic amines) is 1. The molecule has 1 aromatic carbocycles. The third-order valence-corrected chi connectivity index (χ3v) is 3.88. The molecule has 0 aromatic heterocycles. The van der Waals surface area contributed by atoms with Gasteiger partial charge in [-0.1, -0.05) is 24.3 Å². The van der Waals surface area contributed by atoms with Crippen molar-refractivity contribution in [3.63, 3.8) is 0 Å². The molecule has 0 spiro atoms. The fraction of sp³-hybridized carbons (Fsp3) is 0.500. The van der Waals surface area contributed by atoms with Crippen LogP contribution in [0.3, 0.4) is 0 Å². The predicted octanol–water partition coefficient (Wildman–Crippen LogP) is 2.47. The van der Waals surface area contributed by atoms with Gasteiger partial charge >= 0.3 is 0 Å². The molecule has 0 unspecified atom stereocenters. The van der Waals surface area contributed by atoms with E-state index in [0.717, 1.165) is 31.8 Å². The molecule has 1 N–H and O–H groups in total. The molecule has 0 amide bonds. The van der Waals surface area contributed by atoms with Crippen molar-refractivity contribution in [1.82, 2.24) is 4.90 Å². The van der Waals surface area contributed by atoms with Gasteiger partial charge in [0, 0.05) is 19.0 Å². The molecule has 2 aliphatic rings. The van der Waals surface area contributed by atoms with E-state index in [1.54, 1.807) is 0 Å². The molecule has 1 heterocycles. The van der Waals surface area contributed by atoms with Gasteiger partial charge in [-0.2, -0.15) is 0 Å². The molecule has 1 saturated heterocycles. The first-order valence-electron chi connectivity index (χ1n) is 6.25. The monoisotopic (exact) mass is 214 g/mol. The normalized spacial score (nSPS) is 20.1. The van der Waals surface area contributed by atoms with E-state index in [-0.39, 0.29) is 0 Å². The van der Waals surface area contributed by atoms with Gasteiger partial charge in [-0.05, 0) is 36.8 Å². The van der Waals surface area contributed by atoms with E-state index in [0.29, 0.717) is 5.92 Å². The maximum atomic E-state index is 8.28. The van der Waals surface area contributed by atoms with Crippen LogP contribution >= 0.6 is 0 Å². The molecular formula is C14H18N2. The lowest BCUT2D eigenvalue weighted by molar-refractivity contribution is 0.472. The van der Waals surface area contributed by atoms with Crippen molar-refractivity contribution in [2.45, 2.75) is 25.7 Å². The Morgan fingerprint density at radius 1 is 1.06 bits per heavy atom. The molecule has 84 valence electrons. The third kappa shape index (κ3) is 1.62. The van der Waals surface area contributed by atoms with Gasteiger partial charge in [-0.15, -0.1) is 0 Å². The molecular weight excluding hydrogens is 196 g/mol. The molecule has 1 aliphatic carbocycles. The number of hydrogen-bond acceptors (Lipinski definition) is 1. The number of benzene rings is 1. The van der Waals surface area contributed by atoms with Crippen LogP contribution in [0.4, 0.5) is 0 Å². The fourth-order valence-electron chi connectivity index (χ4n) is 2.97. The largest absolute Gasteiger partial charge is 0.360 e. The number of hydrogen-bond donors (Lipinski definition) is 1. The summed E-state index contributed by atoms with van der Waals surface area (Å²) in [7, 11) is 0. The molecule has 2 heteroatoms. The average molecular weight is 214 g/mol.